The normalized spacial score (nSPS) is 11.0. The molecule has 0 spiro atoms. The van der Waals surface area contributed by atoms with Crippen molar-refractivity contribution in [3.63, 3.8) is 0 Å². The number of benzene rings is 1. The predicted molar refractivity (Wildman–Crippen MR) is 81.9 cm³/mol. The summed E-state index contributed by atoms with van der Waals surface area (Å²) in [5.41, 5.74) is -0.629. The fourth-order valence-corrected chi connectivity index (χ4v) is 2.41. The minimum absolute atomic E-state index is 0.0378. The molecule has 0 aliphatic rings. The molecule has 1 aromatic carbocycles. The SMILES string of the molecule is CCOC(=O)c1c(-c2ccc(F)cc2F)nc2cc(C)[nH]n2c1=O. The summed E-state index contributed by atoms with van der Waals surface area (Å²) in [7, 11) is 0. The standard InChI is InChI=1S/C16H13F2N3O3/c1-3-24-16(23)13-14(10-5-4-9(17)7-11(10)18)19-12-6-8(2)20-21(12)15(13)22/h4-7,20H,3H2,1-2H3. The predicted octanol–water partition coefficient (Wildman–Crippen LogP) is 2.45. The number of hydrogen-bond donors (Lipinski definition) is 1. The van der Waals surface area contributed by atoms with Gasteiger partial charge in [0.15, 0.2) is 11.2 Å². The quantitative estimate of drug-likeness (QED) is 0.747. The molecule has 6 nitrogen and oxygen atoms in total. The van der Waals surface area contributed by atoms with Gasteiger partial charge < -0.3 is 4.74 Å². The van der Waals surface area contributed by atoms with Crippen LogP contribution in [0.4, 0.5) is 8.78 Å². The minimum Gasteiger partial charge on any atom is -0.462 e. The van der Waals surface area contributed by atoms with Crippen LogP contribution in [0.15, 0.2) is 29.1 Å². The van der Waals surface area contributed by atoms with Gasteiger partial charge in [-0.2, -0.15) is 0 Å². The number of halogens is 2. The maximum absolute atomic E-state index is 14.2. The van der Waals surface area contributed by atoms with Crippen molar-refractivity contribution in [2.75, 3.05) is 6.61 Å². The van der Waals surface area contributed by atoms with Crippen molar-refractivity contribution in [3.8, 4) is 11.3 Å². The fraction of sp³-hybridized carbons (Fsp3) is 0.188. The van der Waals surface area contributed by atoms with E-state index in [2.05, 4.69) is 10.1 Å². The number of esters is 1. The number of aryl methyl sites for hydroxylation is 1. The van der Waals surface area contributed by atoms with Gasteiger partial charge in [0, 0.05) is 23.4 Å². The van der Waals surface area contributed by atoms with Crippen molar-refractivity contribution in [1.29, 1.82) is 0 Å². The molecule has 2 heterocycles. The van der Waals surface area contributed by atoms with Gasteiger partial charge in [0.25, 0.3) is 5.56 Å². The van der Waals surface area contributed by atoms with Crippen LogP contribution in [0.2, 0.25) is 0 Å². The number of aromatic amines is 1. The molecule has 3 rings (SSSR count). The third kappa shape index (κ3) is 2.55. The second-order valence-electron chi connectivity index (χ2n) is 5.12. The van der Waals surface area contributed by atoms with Crippen LogP contribution in [-0.2, 0) is 4.74 Å². The van der Waals surface area contributed by atoms with Crippen molar-refractivity contribution in [2.45, 2.75) is 13.8 Å². The van der Waals surface area contributed by atoms with E-state index in [0.717, 1.165) is 16.6 Å². The molecule has 0 bridgehead atoms. The van der Waals surface area contributed by atoms with Gasteiger partial charge >= 0.3 is 5.97 Å². The van der Waals surface area contributed by atoms with Crippen LogP contribution < -0.4 is 5.56 Å². The molecule has 1 N–H and O–H groups in total. The summed E-state index contributed by atoms with van der Waals surface area (Å²) >= 11 is 0. The lowest BCUT2D eigenvalue weighted by Crippen LogP contribution is -2.26. The molecule has 0 radical (unpaired) electrons. The van der Waals surface area contributed by atoms with E-state index in [9.17, 15) is 18.4 Å². The van der Waals surface area contributed by atoms with E-state index < -0.39 is 28.7 Å². The molecule has 0 aliphatic heterocycles. The zero-order valence-electron chi connectivity index (χ0n) is 12.9. The molecular formula is C16H13F2N3O3. The number of H-pyrrole nitrogens is 1. The molecule has 0 fully saturated rings. The van der Waals surface area contributed by atoms with Crippen LogP contribution in [0, 0.1) is 18.6 Å². The van der Waals surface area contributed by atoms with E-state index in [0.29, 0.717) is 11.8 Å². The molecule has 0 unspecified atom stereocenters. The highest BCUT2D eigenvalue weighted by Crippen LogP contribution is 2.25. The first-order valence-corrected chi connectivity index (χ1v) is 7.17. The Bertz CT molecular complexity index is 1010. The topological polar surface area (TPSA) is 76.5 Å². The zero-order chi connectivity index (χ0) is 17.4. The molecule has 8 heteroatoms. The third-order valence-corrected chi connectivity index (χ3v) is 3.41. The zero-order valence-corrected chi connectivity index (χ0v) is 12.9. The Morgan fingerprint density at radius 3 is 2.75 bits per heavy atom. The molecule has 24 heavy (non-hydrogen) atoms. The highest BCUT2D eigenvalue weighted by molar-refractivity contribution is 5.96. The van der Waals surface area contributed by atoms with E-state index in [1.165, 1.54) is 0 Å². The van der Waals surface area contributed by atoms with E-state index >= 15 is 0 Å². The monoisotopic (exact) mass is 333 g/mol. The first-order chi connectivity index (χ1) is 11.4. The van der Waals surface area contributed by atoms with Gasteiger partial charge in [-0.05, 0) is 26.0 Å². The van der Waals surface area contributed by atoms with Crippen LogP contribution in [0.5, 0.6) is 0 Å². The van der Waals surface area contributed by atoms with Gasteiger partial charge in [0.05, 0.1) is 12.3 Å². The second kappa shape index (κ2) is 5.88. The van der Waals surface area contributed by atoms with Gasteiger partial charge in [0.1, 0.15) is 11.6 Å². The molecule has 0 amide bonds. The summed E-state index contributed by atoms with van der Waals surface area (Å²) < 4.78 is 33.3. The van der Waals surface area contributed by atoms with Crippen LogP contribution >= 0.6 is 0 Å². The Morgan fingerprint density at radius 2 is 2.08 bits per heavy atom. The number of nitrogens with one attached hydrogen (secondary N) is 1. The number of rotatable bonds is 3. The highest BCUT2D eigenvalue weighted by Gasteiger charge is 2.25. The van der Waals surface area contributed by atoms with Gasteiger partial charge in [-0.15, -0.1) is 0 Å². The molecule has 2 aromatic heterocycles. The summed E-state index contributed by atoms with van der Waals surface area (Å²) in [5, 5.41) is 2.75. The largest absolute Gasteiger partial charge is 0.462 e. The van der Waals surface area contributed by atoms with E-state index in [-0.39, 0.29) is 23.5 Å². The van der Waals surface area contributed by atoms with Crippen LogP contribution in [0.25, 0.3) is 16.9 Å². The number of nitrogens with zero attached hydrogens (tertiary/aromatic N) is 2. The van der Waals surface area contributed by atoms with Crippen molar-refractivity contribution in [2.24, 2.45) is 0 Å². The number of carbonyl (C=O) groups is 1. The lowest BCUT2D eigenvalue weighted by Gasteiger charge is -2.09. The lowest BCUT2D eigenvalue weighted by molar-refractivity contribution is 0.0524. The number of hydrogen-bond acceptors (Lipinski definition) is 4. The molecule has 0 aliphatic carbocycles. The molecular weight excluding hydrogens is 320 g/mol. The number of fused-ring (bicyclic) bond motifs is 1. The van der Waals surface area contributed by atoms with E-state index in [4.69, 9.17) is 4.74 Å². The summed E-state index contributed by atoms with van der Waals surface area (Å²) in [6, 6.07) is 4.39. The van der Waals surface area contributed by atoms with Crippen LogP contribution in [0.1, 0.15) is 23.0 Å². The smallest absolute Gasteiger partial charge is 0.346 e. The Morgan fingerprint density at radius 1 is 1.33 bits per heavy atom. The Balaban J connectivity index is 2.38. The molecule has 124 valence electrons. The summed E-state index contributed by atoms with van der Waals surface area (Å²) in [6.45, 7) is 3.32. The summed E-state index contributed by atoms with van der Waals surface area (Å²) in [6.07, 6.45) is 0. The third-order valence-electron chi connectivity index (χ3n) is 3.41. The highest BCUT2D eigenvalue weighted by atomic mass is 19.1. The van der Waals surface area contributed by atoms with Crippen LogP contribution in [0.3, 0.4) is 0 Å². The average Bonchev–Trinajstić information content (AvgIpc) is 2.88. The second-order valence-corrected chi connectivity index (χ2v) is 5.12. The van der Waals surface area contributed by atoms with Gasteiger partial charge in [-0.3, -0.25) is 9.89 Å². The number of aromatic nitrogens is 3. The van der Waals surface area contributed by atoms with Gasteiger partial charge in [-0.1, -0.05) is 0 Å². The summed E-state index contributed by atoms with van der Waals surface area (Å²) in [4.78, 5) is 29.0. The Labute approximate surface area is 134 Å². The lowest BCUT2D eigenvalue weighted by atomic mass is 10.1. The van der Waals surface area contributed by atoms with Crippen molar-refractivity contribution in [3.05, 3.63) is 57.5 Å². The van der Waals surface area contributed by atoms with E-state index in [1.807, 2.05) is 0 Å². The fourth-order valence-electron chi connectivity index (χ4n) is 2.41. The van der Waals surface area contributed by atoms with Gasteiger partial charge in [0.2, 0.25) is 0 Å². The Kier molecular flexibility index (Phi) is 3.88. The van der Waals surface area contributed by atoms with Crippen molar-refractivity contribution in [1.82, 2.24) is 14.6 Å². The summed E-state index contributed by atoms with van der Waals surface area (Å²) in [5.74, 6) is -2.62. The first-order valence-electron chi connectivity index (χ1n) is 7.17. The maximum Gasteiger partial charge on any atom is 0.346 e. The number of carbonyl (C=O) groups excluding carboxylic acids is 1. The minimum atomic E-state index is -0.927. The molecule has 3 aromatic rings. The average molecular weight is 333 g/mol. The van der Waals surface area contributed by atoms with Crippen LogP contribution in [-0.4, -0.2) is 27.2 Å². The Hall–Kier alpha value is -3.03. The molecule has 0 atom stereocenters. The van der Waals surface area contributed by atoms with E-state index in [1.54, 1.807) is 19.9 Å². The van der Waals surface area contributed by atoms with Crippen molar-refractivity contribution < 1.29 is 18.3 Å². The van der Waals surface area contributed by atoms with Gasteiger partial charge in [-0.25, -0.2) is 23.1 Å². The molecule has 0 saturated carbocycles. The molecule has 0 saturated heterocycles. The van der Waals surface area contributed by atoms with Crippen molar-refractivity contribution >= 4 is 11.6 Å². The number of ether oxygens (including phenoxy) is 1. The maximum atomic E-state index is 14.2. The first kappa shape index (κ1) is 15.9.